The van der Waals surface area contributed by atoms with Crippen molar-refractivity contribution in [3.8, 4) is 0 Å². The molecule has 1 heterocycles. The van der Waals surface area contributed by atoms with Gasteiger partial charge in [-0.05, 0) is 25.1 Å². The molecule has 1 unspecified atom stereocenters. The van der Waals surface area contributed by atoms with Crippen molar-refractivity contribution in [2.75, 3.05) is 0 Å². The predicted octanol–water partition coefficient (Wildman–Crippen LogP) is 3.32. The summed E-state index contributed by atoms with van der Waals surface area (Å²) in [6, 6.07) is 5.71. The summed E-state index contributed by atoms with van der Waals surface area (Å²) in [6.45, 7) is 1.72. The minimum Gasteiger partial charge on any atom is -0.404 e. The SMILES string of the molecule is CC(NCc1ccc([N+](=O)[O-])o1)c1c(F)cccc1F. The Labute approximate surface area is 113 Å². The van der Waals surface area contributed by atoms with E-state index in [-0.39, 0.29) is 18.0 Å². The number of nitrogens with zero attached hydrogens (tertiary/aromatic N) is 1. The minimum atomic E-state index is -0.649. The number of furan rings is 1. The third-order valence-corrected chi connectivity index (χ3v) is 2.84. The fourth-order valence-electron chi connectivity index (χ4n) is 1.84. The Hall–Kier alpha value is -2.28. The lowest BCUT2D eigenvalue weighted by Crippen LogP contribution is -2.20. The standard InChI is InChI=1S/C13H12F2N2O3/c1-8(13-10(14)3-2-4-11(13)15)16-7-9-5-6-12(20-9)17(18)19/h2-6,8,16H,7H2,1H3. The molecule has 1 atom stereocenters. The lowest BCUT2D eigenvalue weighted by Gasteiger charge is -2.14. The first kappa shape index (κ1) is 14.1. The third-order valence-electron chi connectivity index (χ3n) is 2.84. The first-order valence-electron chi connectivity index (χ1n) is 5.89. The van der Waals surface area contributed by atoms with Crippen LogP contribution in [-0.4, -0.2) is 4.92 Å². The summed E-state index contributed by atoms with van der Waals surface area (Å²) in [7, 11) is 0. The maximum absolute atomic E-state index is 13.5. The van der Waals surface area contributed by atoms with Crippen LogP contribution >= 0.6 is 0 Å². The van der Waals surface area contributed by atoms with Gasteiger partial charge in [-0.2, -0.15) is 0 Å². The lowest BCUT2D eigenvalue weighted by molar-refractivity contribution is -0.402. The van der Waals surface area contributed by atoms with Crippen LogP contribution in [0.25, 0.3) is 0 Å². The highest BCUT2D eigenvalue weighted by Crippen LogP contribution is 2.21. The van der Waals surface area contributed by atoms with E-state index in [2.05, 4.69) is 5.32 Å². The van der Waals surface area contributed by atoms with Crippen LogP contribution in [0, 0.1) is 21.7 Å². The molecule has 0 aliphatic carbocycles. The molecule has 1 aromatic heterocycles. The molecule has 0 saturated carbocycles. The number of rotatable bonds is 5. The molecular weight excluding hydrogens is 270 g/mol. The number of nitro groups is 1. The molecule has 0 saturated heterocycles. The monoisotopic (exact) mass is 282 g/mol. The minimum absolute atomic E-state index is 0.0754. The van der Waals surface area contributed by atoms with Gasteiger partial charge in [-0.15, -0.1) is 0 Å². The van der Waals surface area contributed by atoms with Crippen LogP contribution in [0.4, 0.5) is 14.7 Å². The van der Waals surface area contributed by atoms with Gasteiger partial charge in [0.25, 0.3) is 0 Å². The summed E-state index contributed by atoms with van der Waals surface area (Å²) < 4.78 is 32.0. The highest BCUT2D eigenvalue weighted by atomic mass is 19.1. The van der Waals surface area contributed by atoms with E-state index in [0.29, 0.717) is 5.76 Å². The van der Waals surface area contributed by atoms with Crippen LogP contribution in [0.1, 0.15) is 24.3 Å². The third kappa shape index (κ3) is 3.00. The van der Waals surface area contributed by atoms with Gasteiger partial charge in [0, 0.05) is 11.6 Å². The Morgan fingerprint density at radius 1 is 1.30 bits per heavy atom. The Balaban J connectivity index is 2.04. The molecule has 0 spiro atoms. The van der Waals surface area contributed by atoms with Crippen LogP contribution < -0.4 is 5.32 Å². The zero-order valence-corrected chi connectivity index (χ0v) is 10.6. The summed E-state index contributed by atoms with van der Waals surface area (Å²) in [5.74, 6) is -1.34. The normalized spacial score (nSPS) is 12.3. The van der Waals surface area contributed by atoms with Crippen molar-refractivity contribution < 1.29 is 18.1 Å². The quantitative estimate of drug-likeness (QED) is 0.674. The highest BCUT2D eigenvalue weighted by Gasteiger charge is 2.17. The molecular formula is C13H12F2N2O3. The molecule has 0 amide bonds. The van der Waals surface area contributed by atoms with Crippen molar-refractivity contribution >= 4 is 5.88 Å². The molecule has 20 heavy (non-hydrogen) atoms. The molecule has 0 aliphatic heterocycles. The molecule has 0 fully saturated rings. The largest absolute Gasteiger partial charge is 0.433 e. The zero-order valence-electron chi connectivity index (χ0n) is 10.6. The Kier molecular flexibility index (Phi) is 4.09. The highest BCUT2D eigenvalue weighted by molar-refractivity contribution is 5.23. The predicted molar refractivity (Wildman–Crippen MR) is 67.0 cm³/mol. The Morgan fingerprint density at radius 3 is 2.50 bits per heavy atom. The van der Waals surface area contributed by atoms with Crippen LogP contribution in [0.15, 0.2) is 34.7 Å². The van der Waals surface area contributed by atoms with Gasteiger partial charge in [-0.3, -0.25) is 10.1 Å². The molecule has 2 aromatic rings. The average Bonchev–Trinajstić information content (AvgIpc) is 2.85. The zero-order chi connectivity index (χ0) is 14.7. The molecule has 7 heteroatoms. The van der Waals surface area contributed by atoms with Crippen molar-refractivity contribution in [2.45, 2.75) is 19.5 Å². The smallest absolute Gasteiger partial charge is 0.404 e. The van der Waals surface area contributed by atoms with Gasteiger partial charge in [0.1, 0.15) is 22.3 Å². The van der Waals surface area contributed by atoms with Crippen LogP contribution in [0.2, 0.25) is 0 Å². The van der Waals surface area contributed by atoms with Crippen LogP contribution in [-0.2, 0) is 6.54 Å². The maximum Gasteiger partial charge on any atom is 0.433 e. The molecule has 2 rings (SSSR count). The number of hydrogen-bond donors (Lipinski definition) is 1. The van der Waals surface area contributed by atoms with E-state index in [4.69, 9.17) is 4.42 Å². The van der Waals surface area contributed by atoms with Gasteiger partial charge in [0.05, 0.1) is 12.6 Å². The van der Waals surface area contributed by atoms with Crippen molar-refractivity contribution in [1.29, 1.82) is 0 Å². The second-order valence-corrected chi connectivity index (χ2v) is 4.23. The number of hydrogen-bond acceptors (Lipinski definition) is 4. The number of nitrogens with one attached hydrogen (secondary N) is 1. The van der Waals surface area contributed by atoms with E-state index >= 15 is 0 Å². The lowest BCUT2D eigenvalue weighted by atomic mass is 10.1. The molecule has 0 bridgehead atoms. The first-order chi connectivity index (χ1) is 9.49. The Bertz CT molecular complexity index is 608. The van der Waals surface area contributed by atoms with Gasteiger partial charge in [-0.25, -0.2) is 8.78 Å². The van der Waals surface area contributed by atoms with Crippen molar-refractivity contribution in [3.63, 3.8) is 0 Å². The van der Waals surface area contributed by atoms with Crippen molar-refractivity contribution in [1.82, 2.24) is 5.32 Å². The molecule has 1 N–H and O–H groups in total. The van der Waals surface area contributed by atoms with Crippen molar-refractivity contribution in [3.05, 3.63) is 63.4 Å². The summed E-state index contributed by atoms with van der Waals surface area (Å²) in [5, 5.41) is 13.3. The van der Waals surface area contributed by atoms with Crippen LogP contribution in [0.3, 0.4) is 0 Å². The van der Waals surface area contributed by atoms with E-state index in [1.165, 1.54) is 30.3 Å². The van der Waals surface area contributed by atoms with Gasteiger partial charge in [0.15, 0.2) is 0 Å². The van der Waals surface area contributed by atoms with E-state index in [0.717, 1.165) is 0 Å². The number of benzene rings is 1. The summed E-state index contributed by atoms with van der Waals surface area (Å²) in [6.07, 6.45) is 0. The molecule has 106 valence electrons. The van der Waals surface area contributed by atoms with E-state index in [1.54, 1.807) is 6.92 Å². The topological polar surface area (TPSA) is 68.3 Å². The van der Waals surface area contributed by atoms with E-state index in [9.17, 15) is 18.9 Å². The van der Waals surface area contributed by atoms with Gasteiger partial charge in [0.2, 0.25) is 0 Å². The number of halogens is 2. The van der Waals surface area contributed by atoms with Crippen molar-refractivity contribution in [2.24, 2.45) is 0 Å². The molecule has 0 aliphatic rings. The summed E-state index contributed by atoms with van der Waals surface area (Å²) >= 11 is 0. The first-order valence-corrected chi connectivity index (χ1v) is 5.89. The molecule has 5 nitrogen and oxygen atoms in total. The molecule has 1 aromatic carbocycles. The van der Waals surface area contributed by atoms with Gasteiger partial charge >= 0.3 is 5.88 Å². The Morgan fingerprint density at radius 2 is 1.95 bits per heavy atom. The fraction of sp³-hybridized carbons (Fsp3) is 0.231. The van der Waals surface area contributed by atoms with Crippen LogP contribution in [0.5, 0.6) is 0 Å². The second-order valence-electron chi connectivity index (χ2n) is 4.23. The summed E-state index contributed by atoms with van der Waals surface area (Å²) in [5.41, 5.74) is -0.0754. The second kappa shape index (κ2) is 5.79. The average molecular weight is 282 g/mol. The maximum atomic E-state index is 13.5. The van der Waals surface area contributed by atoms with Gasteiger partial charge < -0.3 is 9.73 Å². The van der Waals surface area contributed by atoms with E-state index in [1.807, 2.05) is 0 Å². The van der Waals surface area contributed by atoms with Gasteiger partial charge in [-0.1, -0.05) is 6.07 Å². The van der Waals surface area contributed by atoms with E-state index < -0.39 is 22.6 Å². The fourth-order valence-corrected chi connectivity index (χ4v) is 1.84. The summed E-state index contributed by atoms with van der Waals surface area (Å²) in [4.78, 5) is 9.81. The molecule has 0 radical (unpaired) electrons.